The number of aliphatic hydroxyl groups is 1. The van der Waals surface area contributed by atoms with Gasteiger partial charge in [0.2, 0.25) is 0 Å². The first kappa shape index (κ1) is 22.8. The fourth-order valence-corrected chi connectivity index (χ4v) is 4.16. The predicted molar refractivity (Wildman–Crippen MR) is 122 cm³/mol. The topological polar surface area (TPSA) is 92.5 Å². The first-order valence-corrected chi connectivity index (χ1v) is 11.1. The van der Waals surface area contributed by atoms with Gasteiger partial charge in [-0.15, -0.1) is 0 Å². The van der Waals surface area contributed by atoms with Crippen molar-refractivity contribution >= 4 is 17.4 Å². The molecule has 8 nitrogen and oxygen atoms in total. The van der Waals surface area contributed by atoms with E-state index in [9.17, 15) is 14.7 Å². The van der Waals surface area contributed by atoms with E-state index in [1.165, 1.54) is 11.2 Å². The molecular formula is C25H28N2O6. The monoisotopic (exact) mass is 452 g/mol. The minimum atomic E-state index is -0.776. The van der Waals surface area contributed by atoms with Crippen LogP contribution in [0.15, 0.2) is 65.3 Å². The van der Waals surface area contributed by atoms with Gasteiger partial charge in [-0.25, -0.2) is 0 Å². The highest BCUT2D eigenvalue weighted by Crippen LogP contribution is 2.39. The molecule has 0 radical (unpaired) electrons. The second kappa shape index (κ2) is 10.5. The number of furan rings is 1. The van der Waals surface area contributed by atoms with Crippen LogP contribution in [0.5, 0.6) is 5.75 Å². The Bertz CT molecular complexity index is 1010. The largest absolute Gasteiger partial charge is 0.507 e. The molecule has 0 aliphatic carbocycles. The standard InChI is InChI=1S/C25H28N2O6/c1-2-14-32-19-8-6-18(7-9-19)23(28)21-22(20-5-3-15-33-20)27(25(30)24(21)29)11-4-10-26-12-16-31-17-13-26/h2-3,5-9,15,22,28H,1,4,10-14,16-17H2/b23-21-. The quantitative estimate of drug-likeness (QED) is 0.271. The zero-order chi connectivity index (χ0) is 23.2. The van der Waals surface area contributed by atoms with Gasteiger partial charge in [0.1, 0.15) is 29.9 Å². The van der Waals surface area contributed by atoms with Crippen molar-refractivity contribution in [3.8, 4) is 5.75 Å². The summed E-state index contributed by atoms with van der Waals surface area (Å²) < 4.78 is 16.4. The number of benzene rings is 1. The van der Waals surface area contributed by atoms with E-state index in [0.717, 1.165) is 19.6 Å². The molecular weight excluding hydrogens is 424 g/mol. The Morgan fingerprint density at radius 3 is 2.58 bits per heavy atom. The molecule has 3 heterocycles. The third-order valence-corrected chi connectivity index (χ3v) is 5.83. The fraction of sp³-hybridized carbons (Fsp3) is 0.360. The maximum atomic E-state index is 13.0. The van der Waals surface area contributed by atoms with Gasteiger partial charge < -0.3 is 23.9 Å². The summed E-state index contributed by atoms with van der Waals surface area (Å²) in [5.74, 6) is -0.538. The van der Waals surface area contributed by atoms with Gasteiger partial charge in [-0.2, -0.15) is 0 Å². The van der Waals surface area contributed by atoms with Crippen molar-refractivity contribution in [2.75, 3.05) is 46.0 Å². The summed E-state index contributed by atoms with van der Waals surface area (Å²) in [5.41, 5.74) is 0.449. The number of ether oxygens (including phenoxy) is 2. The van der Waals surface area contributed by atoms with Gasteiger partial charge in [0.15, 0.2) is 0 Å². The van der Waals surface area contributed by atoms with Crippen LogP contribution in [0.3, 0.4) is 0 Å². The van der Waals surface area contributed by atoms with E-state index in [1.54, 1.807) is 42.5 Å². The number of carbonyl (C=O) groups is 2. The Kier molecular flexibility index (Phi) is 7.26. The molecule has 0 bridgehead atoms. The molecule has 0 saturated carbocycles. The van der Waals surface area contributed by atoms with E-state index in [-0.39, 0.29) is 11.3 Å². The SMILES string of the molecule is C=CCOc1ccc(/C(O)=C2/C(=O)C(=O)N(CCCN3CCOCC3)C2c2ccco2)cc1. The molecule has 4 rings (SSSR count). The highest BCUT2D eigenvalue weighted by molar-refractivity contribution is 6.46. The molecule has 2 aliphatic rings. The second-order valence-corrected chi connectivity index (χ2v) is 7.94. The van der Waals surface area contributed by atoms with Crippen molar-refractivity contribution in [1.82, 2.24) is 9.80 Å². The Morgan fingerprint density at radius 1 is 1.15 bits per heavy atom. The lowest BCUT2D eigenvalue weighted by molar-refractivity contribution is -0.140. The van der Waals surface area contributed by atoms with Crippen molar-refractivity contribution in [2.45, 2.75) is 12.5 Å². The number of aliphatic hydroxyl groups excluding tert-OH is 1. The number of Topliss-reactive ketones (excluding diaryl/α,β-unsaturated/α-hetero) is 1. The number of morpholine rings is 1. The first-order chi connectivity index (χ1) is 16.1. The maximum Gasteiger partial charge on any atom is 0.295 e. The van der Waals surface area contributed by atoms with Gasteiger partial charge in [0.05, 0.1) is 25.1 Å². The number of carbonyl (C=O) groups excluding carboxylic acids is 2. The molecule has 1 unspecified atom stereocenters. The number of likely N-dealkylation sites (tertiary alicyclic amines) is 1. The lowest BCUT2D eigenvalue weighted by Gasteiger charge is -2.28. The fourth-order valence-electron chi connectivity index (χ4n) is 4.16. The van der Waals surface area contributed by atoms with Gasteiger partial charge in [-0.05, 0) is 42.8 Å². The summed E-state index contributed by atoms with van der Waals surface area (Å²) in [6.45, 7) is 8.26. The molecule has 174 valence electrons. The maximum absolute atomic E-state index is 13.0. The zero-order valence-electron chi connectivity index (χ0n) is 18.4. The number of hydrogen-bond acceptors (Lipinski definition) is 7. The minimum Gasteiger partial charge on any atom is -0.507 e. The molecule has 1 N–H and O–H groups in total. The molecule has 1 amide bonds. The third kappa shape index (κ3) is 5.02. The van der Waals surface area contributed by atoms with E-state index in [0.29, 0.717) is 49.9 Å². The minimum absolute atomic E-state index is 0.0288. The molecule has 2 saturated heterocycles. The number of nitrogens with zero attached hydrogens (tertiary/aromatic N) is 2. The van der Waals surface area contributed by atoms with Crippen LogP contribution in [-0.4, -0.2) is 72.6 Å². The van der Waals surface area contributed by atoms with Gasteiger partial charge in [-0.3, -0.25) is 14.5 Å². The van der Waals surface area contributed by atoms with Crippen LogP contribution in [0, 0.1) is 0 Å². The summed E-state index contributed by atoms with van der Waals surface area (Å²) in [6, 6.07) is 9.33. The van der Waals surface area contributed by atoms with E-state index in [1.807, 2.05) is 0 Å². The van der Waals surface area contributed by atoms with E-state index < -0.39 is 17.7 Å². The van der Waals surface area contributed by atoms with Crippen LogP contribution in [0.2, 0.25) is 0 Å². The summed E-state index contributed by atoms with van der Waals surface area (Å²) in [5, 5.41) is 11.1. The number of rotatable bonds is 9. The molecule has 33 heavy (non-hydrogen) atoms. The highest BCUT2D eigenvalue weighted by atomic mass is 16.5. The third-order valence-electron chi connectivity index (χ3n) is 5.83. The summed E-state index contributed by atoms with van der Waals surface area (Å²) >= 11 is 0. The van der Waals surface area contributed by atoms with Gasteiger partial charge in [0, 0.05) is 31.7 Å². The predicted octanol–water partition coefficient (Wildman–Crippen LogP) is 2.99. The van der Waals surface area contributed by atoms with Crippen molar-refractivity contribution < 1.29 is 28.6 Å². The number of ketones is 1. The van der Waals surface area contributed by atoms with E-state index in [2.05, 4.69) is 11.5 Å². The first-order valence-electron chi connectivity index (χ1n) is 11.1. The summed E-state index contributed by atoms with van der Waals surface area (Å²) in [7, 11) is 0. The van der Waals surface area contributed by atoms with Crippen LogP contribution < -0.4 is 4.74 Å². The Labute approximate surface area is 192 Å². The van der Waals surface area contributed by atoms with Crippen molar-refractivity contribution in [3.05, 3.63) is 72.2 Å². The van der Waals surface area contributed by atoms with Crippen LogP contribution >= 0.6 is 0 Å². The molecule has 2 aromatic rings. The number of hydrogen-bond donors (Lipinski definition) is 1. The molecule has 2 aliphatic heterocycles. The average molecular weight is 453 g/mol. The number of amides is 1. The molecule has 1 atom stereocenters. The van der Waals surface area contributed by atoms with Crippen LogP contribution in [0.4, 0.5) is 0 Å². The van der Waals surface area contributed by atoms with E-state index >= 15 is 0 Å². The molecule has 8 heteroatoms. The lowest BCUT2D eigenvalue weighted by atomic mass is 9.99. The lowest BCUT2D eigenvalue weighted by Crippen LogP contribution is -2.38. The summed E-state index contributed by atoms with van der Waals surface area (Å²) in [4.78, 5) is 29.7. The average Bonchev–Trinajstić information content (AvgIpc) is 3.46. The van der Waals surface area contributed by atoms with Crippen molar-refractivity contribution in [2.24, 2.45) is 0 Å². The van der Waals surface area contributed by atoms with Gasteiger partial charge in [0.25, 0.3) is 11.7 Å². The van der Waals surface area contributed by atoms with Crippen molar-refractivity contribution in [1.29, 1.82) is 0 Å². The van der Waals surface area contributed by atoms with Crippen LogP contribution in [0.1, 0.15) is 23.8 Å². The Balaban J connectivity index is 1.58. The second-order valence-electron chi connectivity index (χ2n) is 7.94. The van der Waals surface area contributed by atoms with Gasteiger partial charge in [-0.1, -0.05) is 12.7 Å². The molecule has 1 aromatic carbocycles. The Morgan fingerprint density at radius 2 is 1.91 bits per heavy atom. The molecule has 2 fully saturated rings. The smallest absolute Gasteiger partial charge is 0.295 e. The summed E-state index contributed by atoms with van der Waals surface area (Å²) in [6.07, 6.45) is 3.83. The van der Waals surface area contributed by atoms with Crippen molar-refractivity contribution in [3.63, 3.8) is 0 Å². The highest BCUT2D eigenvalue weighted by Gasteiger charge is 2.47. The Hall–Kier alpha value is -3.36. The van der Waals surface area contributed by atoms with E-state index in [4.69, 9.17) is 13.9 Å². The zero-order valence-corrected chi connectivity index (χ0v) is 18.4. The normalized spacial score (nSPS) is 20.8. The molecule has 0 spiro atoms. The van der Waals surface area contributed by atoms with Gasteiger partial charge >= 0.3 is 0 Å². The molecule has 1 aromatic heterocycles. The van der Waals surface area contributed by atoms with Crippen LogP contribution in [0.25, 0.3) is 5.76 Å². The van der Waals surface area contributed by atoms with Crippen LogP contribution in [-0.2, 0) is 14.3 Å².